The molecule has 0 spiro atoms. The van der Waals surface area contributed by atoms with E-state index in [-0.39, 0.29) is 5.91 Å². The van der Waals surface area contributed by atoms with Crippen LogP contribution < -0.4 is 10.1 Å². The minimum atomic E-state index is -0.230. The second-order valence-corrected chi connectivity index (χ2v) is 4.96. The van der Waals surface area contributed by atoms with Crippen molar-refractivity contribution < 1.29 is 9.53 Å². The fraction of sp³-hybridized carbons (Fsp3) is 0.0526. The molecular formula is C19H16N2O2. The van der Waals surface area contributed by atoms with Crippen molar-refractivity contribution in [2.75, 3.05) is 12.4 Å². The Bertz CT molecular complexity index is 799. The van der Waals surface area contributed by atoms with E-state index in [0.29, 0.717) is 5.69 Å². The van der Waals surface area contributed by atoms with Gasteiger partial charge < -0.3 is 10.1 Å². The molecule has 23 heavy (non-hydrogen) atoms. The molecule has 0 bridgehead atoms. The number of pyridine rings is 1. The number of benzene rings is 2. The van der Waals surface area contributed by atoms with Crippen LogP contribution in [0.15, 0.2) is 72.8 Å². The van der Waals surface area contributed by atoms with E-state index in [2.05, 4.69) is 10.3 Å². The van der Waals surface area contributed by atoms with Crippen LogP contribution in [0.5, 0.6) is 5.75 Å². The molecule has 0 fully saturated rings. The average Bonchev–Trinajstić information content (AvgIpc) is 2.63. The summed E-state index contributed by atoms with van der Waals surface area (Å²) in [7, 11) is 1.63. The minimum absolute atomic E-state index is 0.230. The Hall–Kier alpha value is -3.14. The quantitative estimate of drug-likeness (QED) is 0.792. The molecule has 0 saturated heterocycles. The van der Waals surface area contributed by atoms with Crippen molar-refractivity contribution in [2.24, 2.45) is 0 Å². The Kier molecular flexibility index (Phi) is 4.34. The summed E-state index contributed by atoms with van der Waals surface area (Å²) < 4.78 is 5.15. The van der Waals surface area contributed by atoms with Crippen LogP contribution in [0.25, 0.3) is 11.3 Å². The first kappa shape index (κ1) is 14.8. The van der Waals surface area contributed by atoms with Crippen molar-refractivity contribution in [3.8, 4) is 17.0 Å². The van der Waals surface area contributed by atoms with Crippen LogP contribution in [0.4, 0.5) is 5.69 Å². The lowest BCUT2D eigenvalue weighted by atomic mass is 10.1. The van der Waals surface area contributed by atoms with E-state index in [1.807, 2.05) is 66.7 Å². The molecule has 2 aromatic carbocycles. The van der Waals surface area contributed by atoms with Crippen LogP contribution in [-0.2, 0) is 0 Å². The second-order valence-electron chi connectivity index (χ2n) is 4.96. The molecule has 0 aliphatic rings. The second kappa shape index (κ2) is 6.75. The number of amides is 1. The number of methoxy groups -OCH3 is 1. The normalized spacial score (nSPS) is 10.1. The van der Waals surface area contributed by atoms with Crippen LogP contribution >= 0.6 is 0 Å². The third kappa shape index (κ3) is 3.55. The Labute approximate surface area is 134 Å². The molecule has 0 aliphatic heterocycles. The van der Waals surface area contributed by atoms with Gasteiger partial charge >= 0.3 is 0 Å². The van der Waals surface area contributed by atoms with Crippen LogP contribution in [-0.4, -0.2) is 18.0 Å². The Morgan fingerprint density at radius 1 is 0.913 bits per heavy atom. The van der Waals surface area contributed by atoms with Gasteiger partial charge in [-0.2, -0.15) is 0 Å². The number of rotatable bonds is 4. The Morgan fingerprint density at radius 3 is 2.35 bits per heavy atom. The number of hydrogen-bond donors (Lipinski definition) is 1. The highest BCUT2D eigenvalue weighted by atomic mass is 16.5. The molecule has 1 heterocycles. The van der Waals surface area contributed by atoms with Gasteiger partial charge in [-0.15, -0.1) is 0 Å². The number of carbonyl (C=O) groups excluding carboxylic acids is 1. The topological polar surface area (TPSA) is 51.2 Å². The molecule has 0 unspecified atom stereocenters. The van der Waals surface area contributed by atoms with E-state index in [0.717, 1.165) is 22.7 Å². The number of hydrogen-bond acceptors (Lipinski definition) is 3. The molecule has 0 atom stereocenters. The molecule has 0 saturated carbocycles. The molecule has 114 valence electrons. The smallest absolute Gasteiger partial charge is 0.274 e. The van der Waals surface area contributed by atoms with E-state index in [1.54, 1.807) is 13.2 Å². The van der Waals surface area contributed by atoms with E-state index >= 15 is 0 Å². The first-order chi connectivity index (χ1) is 11.3. The fourth-order valence-corrected chi connectivity index (χ4v) is 2.20. The maximum Gasteiger partial charge on any atom is 0.274 e. The molecular weight excluding hydrogens is 288 g/mol. The van der Waals surface area contributed by atoms with Crippen molar-refractivity contribution in [2.45, 2.75) is 0 Å². The van der Waals surface area contributed by atoms with Gasteiger partial charge in [0.1, 0.15) is 11.4 Å². The monoisotopic (exact) mass is 304 g/mol. The van der Waals surface area contributed by atoms with Crippen molar-refractivity contribution in [3.63, 3.8) is 0 Å². The highest BCUT2D eigenvalue weighted by molar-refractivity contribution is 6.03. The van der Waals surface area contributed by atoms with Crippen molar-refractivity contribution in [1.82, 2.24) is 4.98 Å². The van der Waals surface area contributed by atoms with Gasteiger partial charge in [0.15, 0.2) is 0 Å². The number of para-hydroxylation sites is 1. The summed E-state index contributed by atoms with van der Waals surface area (Å²) in [5.74, 6) is 0.554. The maximum absolute atomic E-state index is 12.3. The Morgan fingerprint density at radius 2 is 1.65 bits per heavy atom. The summed E-state index contributed by atoms with van der Waals surface area (Å²) in [5.41, 5.74) is 2.80. The van der Waals surface area contributed by atoms with Crippen LogP contribution in [0.1, 0.15) is 10.5 Å². The lowest BCUT2D eigenvalue weighted by Crippen LogP contribution is -2.13. The number of aromatic nitrogens is 1. The molecule has 1 aromatic heterocycles. The molecule has 4 nitrogen and oxygen atoms in total. The van der Waals surface area contributed by atoms with E-state index in [9.17, 15) is 4.79 Å². The highest BCUT2D eigenvalue weighted by Gasteiger charge is 2.09. The number of nitrogens with zero attached hydrogens (tertiary/aromatic N) is 1. The zero-order valence-electron chi connectivity index (χ0n) is 12.7. The van der Waals surface area contributed by atoms with Gasteiger partial charge in [-0.3, -0.25) is 4.79 Å². The Balaban J connectivity index is 1.82. The lowest BCUT2D eigenvalue weighted by molar-refractivity contribution is 0.102. The largest absolute Gasteiger partial charge is 0.497 e. The standard InChI is InChI=1S/C19H16N2O2/c1-23-16-12-10-14(11-13-16)17-8-5-9-18(21-17)19(22)20-15-6-3-2-4-7-15/h2-13H,1H3,(H,20,22). The molecule has 1 amide bonds. The average molecular weight is 304 g/mol. The van der Waals surface area contributed by atoms with Crippen molar-refractivity contribution >= 4 is 11.6 Å². The molecule has 3 rings (SSSR count). The lowest BCUT2D eigenvalue weighted by Gasteiger charge is -2.07. The molecule has 0 aliphatic carbocycles. The van der Waals surface area contributed by atoms with Gasteiger partial charge in [0.25, 0.3) is 5.91 Å². The minimum Gasteiger partial charge on any atom is -0.497 e. The van der Waals surface area contributed by atoms with Crippen LogP contribution in [0.3, 0.4) is 0 Å². The summed E-state index contributed by atoms with van der Waals surface area (Å²) in [6.07, 6.45) is 0. The van der Waals surface area contributed by atoms with Gasteiger partial charge in [-0.1, -0.05) is 24.3 Å². The first-order valence-electron chi connectivity index (χ1n) is 7.24. The zero-order valence-corrected chi connectivity index (χ0v) is 12.7. The molecule has 3 aromatic rings. The predicted octanol–water partition coefficient (Wildman–Crippen LogP) is 4.01. The van der Waals surface area contributed by atoms with Gasteiger partial charge in [-0.25, -0.2) is 4.98 Å². The van der Waals surface area contributed by atoms with E-state index in [1.165, 1.54) is 0 Å². The highest BCUT2D eigenvalue weighted by Crippen LogP contribution is 2.21. The van der Waals surface area contributed by atoms with Crippen LogP contribution in [0.2, 0.25) is 0 Å². The predicted molar refractivity (Wildman–Crippen MR) is 90.6 cm³/mol. The van der Waals surface area contributed by atoms with E-state index in [4.69, 9.17) is 4.74 Å². The SMILES string of the molecule is COc1ccc(-c2cccc(C(=O)Nc3ccccc3)n2)cc1. The summed E-state index contributed by atoms with van der Waals surface area (Å²) in [4.78, 5) is 16.7. The number of anilines is 1. The summed E-state index contributed by atoms with van der Waals surface area (Å²) in [6.45, 7) is 0. The third-order valence-electron chi connectivity index (χ3n) is 3.40. The molecule has 4 heteroatoms. The summed E-state index contributed by atoms with van der Waals surface area (Å²) in [5, 5.41) is 2.83. The maximum atomic E-state index is 12.3. The van der Waals surface area contributed by atoms with Crippen molar-refractivity contribution in [1.29, 1.82) is 0 Å². The number of nitrogens with one attached hydrogen (secondary N) is 1. The first-order valence-corrected chi connectivity index (χ1v) is 7.24. The van der Waals surface area contributed by atoms with Crippen molar-refractivity contribution in [3.05, 3.63) is 78.5 Å². The van der Waals surface area contributed by atoms with Gasteiger partial charge in [0.05, 0.1) is 12.8 Å². The van der Waals surface area contributed by atoms with Gasteiger partial charge in [0, 0.05) is 11.3 Å². The fourth-order valence-electron chi connectivity index (χ4n) is 2.20. The van der Waals surface area contributed by atoms with Crippen LogP contribution in [0, 0.1) is 0 Å². The molecule has 1 N–H and O–H groups in total. The summed E-state index contributed by atoms with van der Waals surface area (Å²) in [6, 6.07) is 22.3. The van der Waals surface area contributed by atoms with Gasteiger partial charge in [0.2, 0.25) is 0 Å². The third-order valence-corrected chi connectivity index (χ3v) is 3.40. The van der Waals surface area contributed by atoms with E-state index < -0.39 is 0 Å². The number of ether oxygens (including phenoxy) is 1. The number of carbonyl (C=O) groups is 1. The molecule has 0 radical (unpaired) electrons. The summed E-state index contributed by atoms with van der Waals surface area (Å²) >= 11 is 0. The van der Waals surface area contributed by atoms with Gasteiger partial charge in [-0.05, 0) is 48.5 Å². The zero-order chi connectivity index (χ0) is 16.1.